The zero-order valence-corrected chi connectivity index (χ0v) is 7.72. The number of fused-ring (bicyclic) bond motifs is 1. The first-order valence-corrected chi connectivity index (χ1v) is 4.58. The second kappa shape index (κ2) is 2.67. The van der Waals surface area contributed by atoms with E-state index in [9.17, 15) is 4.39 Å². The highest BCUT2D eigenvalue weighted by atomic mass is 19.1. The molecule has 2 saturated heterocycles. The maximum Gasteiger partial charge on any atom is 0.115 e. The highest BCUT2D eigenvalue weighted by Gasteiger charge is 2.55. The molecule has 0 spiro atoms. The first-order chi connectivity index (χ1) is 5.68. The number of methoxy groups -OCH3 is 1. The molecule has 0 unspecified atom stereocenters. The molecule has 2 fully saturated rings. The molecule has 70 valence electrons. The number of halogens is 1. The molecule has 2 rings (SSSR count). The summed E-state index contributed by atoms with van der Waals surface area (Å²) in [7, 11) is 1.70. The Balaban J connectivity index is 2.06. The van der Waals surface area contributed by atoms with Crippen LogP contribution in [-0.2, 0) is 4.74 Å². The van der Waals surface area contributed by atoms with E-state index in [0.717, 1.165) is 6.42 Å². The van der Waals surface area contributed by atoms with E-state index in [1.165, 1.54) is 0 Å². The van der Waals surface area contributed by atoms with Crippen LogP contribution in [0.25, 0.3) is 0 Å². The molecule has 0 aromatic carbocycles. The van der Waals surface area contributed by atoms with Gasteiger partial charge in [0.2, 0.25) is 0 Å². The van der Waals surface area contributed by atoms with E-state index in [1.54, 1.807) is 7.11 Å². The smallest absolute Gasteiger partial charge is 0.115 e. The van der Waals surface area contributed by atoms with Gasteiger partial charge in [-0.05, 0) is 13.3 Å². The molecule has 0 aromatic heterocycles. The minimum atomic E-state index is -0.634. The van der Waals surface area contributed by atoms with Crippen molar-refractivity contribution in [3.05, 3.63) is 0 Å². The lowest BCUT2D eigenvalue weighted by atomic mass is 9.80. The summed E-state index contributed by atoms with van der Waals surface area (Å²) in [6.45, 7) is 3.47. The monoisotopic (exact) mass is 173 g/mol. The molecule has 0 aliphatic carbocycles. The molecule has 0 N–H and O–H groups in total. The van der Waals surface area contributed by atoms with Gasteiger partial charge in [0.15, 0.2) is 0 Å². The van der Waals surface area contributed by atoms with Gasteiger partial charge in [-0.2, -0.15) is 0 Å². The van der Waals surface area contributed by atoms with Gasteiger partial charge < -0.3 is 4.74 Å². The second-order valence-electron chi connectivity index (χ2n) is 4.16. The highest BCUT2D eigenvalue weighted by molar-refractivity contribution is 5.10. The lowest BCUT2D eigenvalue weighted by Crippen LogP contribution is -2.63. The largest absolute Gasteiger partial charge is 0.383 e. The van der Waals surface area contributed by atoms with Crippen LogP contribution >= 0.6 is 0 Å². The number of hydrogen-bond acceptors (Lipinski definition) is 2. The summed E-state index contributed by atoms with van der Waals surface area (Å²) in [4.78, 5) is 2.25. The number of hydrogen-bond donors (Lipinski definition) is 0. The molecule has 0 bridgehead atoms. The van der Waals surface area contributed by atoms with Gasteiger partial charge in [-0.15, -0.1) is 0 Å². The predicted octanol–water partition coefficient (Wildman–Crippen LogP) is 1.21. The third-order valence-corrected chi connectivity index (χ3v) is 3.23. The Morgan fingerprint density at radius 2 is 2.33 bits per heavy atom. The highest BCUT2D eigenvalue weighted by Crippen LogP contribution is 2.45. The molecule has 0 radical (unpaired) electrons. The summed E-state index contributed by atoms with van der Waals surface area (Å²) in [5, 5.41) is 0. The Morgan fingerprint density at radius 1 is 1.58 bits per heavy atom. The van der Waals surface area contributed by atoms with Gasteiger partial charge in [0.05, 0.1) is 6.61 Å². The van der Waals surface area contributed by atoms with E-state index in [-0.39, 0.29) is 5.54 Å². The van der Waals surface area contributed by atoms with Crippen LogP contribution in [0, 0.1) is 0 Å². The maximum atomic E-state index is 13.1. The standard InChI is InChI=1S/C9H16FNO/c1-7-3-9(6-12-2)4-8(10)5-11(7)9/h7-8H,3-6H2,1-2H3/t7-,8+,9-/m0/s1. The molecule has 2 heterocycles. The molecule has 3 atom stereocenters. The first-order valence-electron chi connectivity index (χ1n) is 4.58. The Kier molecular flexibility index (Phi) is 1.88. The van der Waals surface area contributed by atoms with Crippen molar-refractivity contribution in [3.63, 3.8) is 0 Å². The van der Waals surface area contributed by atoms with Crippen molar-refractivity contribution in [2.75, 3.05) is 20.3 Å². The average Bonchev–Trinajstić information content (AvgIpc) is 2.24. The molecule has 12 heavy (non-hydrogen) atoms. The Labute approximate surface area is 72.7 Å². The number of nitrogens with zero attached hydrogens (tertiary/aromatic N) is 1. The predicted molar refractivity (Wildman–Crippen MR) is 44.9 cm³/mol. The number of rotatable bonds is 2. The van der Waals surface area contributed by atoms with Gasteiger partial charge in [0.1, 0.15) is 6.17 Å². The van der Waals surface area contributed by atoms with Gasteiger partial charge >= 0.3 is 0 Å². The van der Waals surface area contributed by atoms with Gasteiger partial charge in [0.25, 0.3) is 0 Å². The molecular weight excluding hydrogens is 157 g/mol. The van der Waals surface area contributed by atoms with Crippen molar-refractivity contribution in [1.29, 1.82) is 0 Å². The van der Waals surface area contributed by atoms with Crippen molar-refractivity contribution in [2.24, 2.45) is 0 Å². The third-order valence-electron chi connectivity index (χ3n) is 3.23. The van der Waals surface area contributed by atoms with E-state index in [4.69, 9.17) is 4.74 Å². The summed E-state index contributed by atoms with van der Waals surface area (Å²) < 4.78 is 18.2. The second-order valence-corrected chi connectivity index (χ2v) is 4.16. The molecular formula is C9H16FNO. The molecule has 0 aromatic rings. The molecule has 2 aliphatic rings. The fourth-order valence-electron chi connectivity index (χ4n) is 2.87. The van der Waals surface area contributed by atoms with E-state index >= 15 is 0 Å². The Hall–Kier alpha value is -0.150. The van der Waals surface area contributed by atoms with Crippen LogP contribution in [-0.4, -0.2) is 42.9 Å². The van der Waals surface area contributed by atoms with Crippen molar-refractivity contribution in [2.45, 2.75) is 37.5 Å². The quantitative estimate of drug-likeness (QED) is 0.622. The van der Waals surface area contributed by atoms with E-state index in [0.29, 0.717) is 25.6 Å². The van der Waals surface area contributed by atoms with Crippen molar-refractivity contribution in [1.82, 2.24) is 4.90 Å². The fraction of sp³-hybridized carbons (Fsp3) is 1.00. The minimum Gasteiger partial charge on any atom is -0.383 e. The van der Waals surface area contributed by atoms with Gasteiger partial charge in [-0.25, -0.2) is 4.39 Å². The van der Waals surface area contributed by atoms with Crippen LogP contribution in [0.5, 0.6) is 0 Å². The van der Waals surface area contributed by atoms with Crippen LogP contribution in [0.2, 0.25) is 0 Å². The number of alkyl halides is 1. The van der Waals surface area contributed by atoms with E-state index < -0.39 is 6.17 Å². The van der Waals surface area contributed by atoms with Crippen molar-refractivity contribution < 1.29 is 9.13 Å². The fourth-order valence-corrected chi connectivity index (χ4v) is 2.87. The van der Waals surface area contributed by atoms with Crippen molar-refractivity contribution >= 4 is 0 Å². The molecule has 0 amide bonds. The van der Waals surface area contributed by atoms with E-state index in [1.807, 2.05) is 0 Å². The average molecular weight is 173 g/mol. The maximum absolute atomic E-state index is 13.1. The molecule has 2 aliphatic heterocycles. The summed E-state index contributed by atoms with van der Waals surface area (Å²) >= 11 is 0. The first kappa shape index (κ1) is 8.45. The minimum absolute atomic E-state index is 0.0631. The summed E-state index contributed by atoms with van der Waals surface area (Å²) in [6.07, 6.45) is 1.14. The SMILES string of the molecule is COC[C@]12C[C@@H](F)CN1[C@@H](C)C2. The Bertz CT molecular complexity index is 183. The number of ether oxygens (including phenoxy) is 1. The van der Waals surface area contributed by atoms with Crippen LogP contribution < -0.4 is 0 Å². The summed E-state index contributed by atoms with van der Waals surface area (Å²) in [5.74, 6) is 0. The van der Waals surface area contributed by atoms with Gasteiger partial charge in [0, 0.05) is 31.7 Å². The van der Waals surface area contributed by atoms with Crippen LogP contribution in [0.1, 0.15) is 19.8 Å². The molecule has 3 heteroatoms. The Morgan fingerprint density at radius 3 is 2.92 bits per heavy atom. The van der Waals surface area contributed by atoms with Crippen molar-refractivity contribution in [3.8, 4) is 0 Å². The summed E-state index contributed by atoms with van der Waals surface area (Å²) in [6, 6.07) is 0.556. The zero-order chi connectivity index (χ0) is 8.77. The van der Waals surface area contributed by atoms with Gasteiger partial charge in [-0.3, -0.25) is 4.90 Å². The lowest BCUT2D eigenvalue weighted by Gasteiger charge is -2.52. The summed E-state index contributed by atoms with van der Waals surface area (Å²) in [5.41, 5.74) is 0.0631. The lowest BCUT2D eigenvalue weighted by molar-refractivity contribution is -0.0741. The van der Waals surface area contributed by atoms with Crippen LogP contribution in [0.3, 0.4) is 0 Å². The van der Waals surface area contributed by atoms with Gasteiger partial charge in [-0.1, -0.05) is 0 Å². The third kappa shape index (κ3) is 0.995. The molecule has 0 saturated carbocycles. The van der Waals surface area contributed by atoms with Crippen LogP contribution in [0.4, 0.5) is 4.39 Å². The van der Waals surface area contributed by atoms with E-state index in [2.05, 4.69) is 11.8 Å². The normalized spacial score (nSPS) is 47.2. The topological polar surface area (TPSA) is 12.5 Å². The molecule has 2 nitrogen and oxygen atoms in total. The zero-order valence-electron chi connectivity index (χ0n) is 7.72. The van der Waals surface area contributed by atoms with Crippen LogP contribution in [0.15, 0.2) is 0 Å².